The first-order chi connectivity index (χ1) is 2.94. The van der Waals surface area contributed by atoms with E-state index in [9.17, 15) is 4.79 Å². The second-order valence-corrected chi connectivity index (χ2v) is 1.33. The van der Waals surface area contributed by atoms with E-state index in [0.717, 1.165) is 6.92 Å². The van der Waals surface area contributed by atoms with Gasteiger partial charge in [-0.2, -0.15) is 0 Å². The summed E-state index contributed by atoms with van der Waals surface area (Å²) in [5.41, 5.74) is 0. The Bertz CT molecular complexity index is 88.3. The molecule has 6 N–H and O–H groups in total. The first kappa shape index (κ1) is 16.0. The molecule has 9 heavy (non-hydrogen) atoms. The Morgan fingerprint density at radius 2 is 1.56 bits per heavy atom. The summed E-state index contributed by atoms with van der Waals surface area (Å²) in [5.74, 6) is -4.23. The van der Waals surface area contributed by atoms with Crippen LogP contribution in [0.2, 0.25) is 0 Å². The third kappa shape index (κ3) is 8.06. The largest absolute Gasteiger partial charge is 0.477 e. The van der Waals surface area contributed by atoms with Gasteiger partial charge in [0.25, 0.3) is 5.79 Å². The van der Waals surface area contributed by atoms with Gasteiger partial charge in [-0.3, -0.25) is 0 Å². The van der Waals surface area contributed by atoms with E-state index < -0.39 is 11.8 Å². The van der Waals surface area contributed by atoms with Crippen LogP contribution in [0.5, 0.6) is 0 Å². The fraction of sp³-hybridized carbons (Fsp3) is 0.667. The summed E-state index contributed by atoms with van der Waals surface area (Å²) in [7, 11) is 0. The third-order valence-electron chi connectivity index (χ3n) is 0.405. The van der Waals surface area contributed by atoms with E-state index in [2.05, 4.69) is 0 Å². The van der Waals surface area contributed by atoms with Crippen LogP contribution in [-0.2, 0) is 26.5 Å². The van der Waals surface area contributed by atoms with Gasteiger partial charge in [0.15, 0.2) is 0 Å². The van der Waals surface area contributed by atoms with Crippen molar-refractivity contribution in [1.29, 1.82) is 0 Å². The molecule has 0 aliphatic heterocycles. The van der Waals surface area contributed by atoms with Crippen molar-refractivity contribution < 1.29 is 41.8 Å². The molecule has 0 amide bonds. The second kappa shape index (κ2) is 4.90. The fourth-order valence-corrected chi connectivity index (χ4v) is 0. The van der Waals surface area contributed by atoms with Crippen LogP contribution in [0.3, 0.4) is 0 Å². The van der Waals surface area contributed by atoms with Crippen molar-refractivity contribution in [2.75, 3.05) is 0 Å². The quantitative estimate of drug-likeness (QED) is 0.296. The van der Waals surface area contributed by atoms with E-state index in [1.165, 1.54) is 0 Å². The maximum Gasteiger partial charge on any atom is 0.363 e. The first-order valence-corrected chi connectivity index (χ1v) is 1.62. The fourth-order valence-electron chi connectivity index (χ4n) is 0. The van der Waals surface area contributed by atoms with Crippen molar-refractivity contribution >= 4 is 5.97 Å². The van der Waals surface area contributed by atoms with Gasteiger partial charge in [0.05, 0.1) is 0 Å². The van der Waals surface area contributed by atoms with Crippen LogP contribution in [0.1, 0.15) is 6.92 Å². The average molecular weight is 171 g/mol. The van der Waals surface area contributed by atoms with Crippen LogP contribution in [0.15, 0.2) is 0 Å². The molecule has 0 aliphatic rings. The van der Waals surface area contributed by atoms with Gasteiger partial charge in [-0.05, 0) is 0 Å². The number of hydrogen-bond acceptors (Lipinski definition) is 4. The van der Waals surface area contributed by atoms with Gasteiger partial charge in [-0.1, -0.05) is 0 Å². The van der Waals surface area contributed by atoms with Crippen molar-refractivity contribution in [2.45, 2.75) is 12.7 Å². The van der Waals surface area contributed by atoms with Gasteiger partial charge < -0.3 is 21.5 Å². The number of aliphatic carboxylic acids is 1. The standard InChI is InChI=1S/C3H6O4.H3N.Ti/c1-3(6,7)2(4)5;;/h6-7H,1H3,(H,4,5);1H3;. The zero-order chi connectivity index (χ0) is 6.08. The maximum absolute atomic E-state index is 9.52. The molecule has 0 aliphatic carbocycles. The number of carboxylic acid groups (broad SMARTS) is 1. The average Bonchev–Trinajstić information content (AvgIpc) is 1.31. The molecule has 0 aromatic carbocycles. The molecular weight excluding hydrogens is 162 g/mol. The van der Waals surface area contributed by atoms with Gasteiger partial charge in [-0.15, -0.1) is 0 Å². The zero-order valence-corrected chi connectivity index (χ0v) is 6.52. The molecule has 54 valence electrons. The van der Waals surface area contributed by atoms with E-state index in [-0.39, 0.29) is 27.9 Å². The van der Waals surface area contributed by atoms with Gasteiger partial charge >= 0.3 is 5.97 Å². The van der Waals surface area contributed by atoms with Crippen LogP contribution in [0.25, 0.3) is 0 Å². The van der Waals surface area contributed by atoms with E-state index in [0.29, 0.717) is 0 Å². The van der Waals surface area contributed by atoms with Crippen molar-refractivity contribution in [1.82, 2.24) is 6.15 Å². The Labute approximate surface area is 67.2 Å². The zero-order valence-electron chi connectivity index (χ0n) is 4.96. The van der Waals surface area contributed by atoms with Gasteiger partial charge in [0, 0.05) is 28.6 Å². The Kier molecular flexibility index (Phi) is 8.72. The monoisotopic (exact) mass is 171 g/mol. The Morgan fingerprint density at radius 3 is 1.56 bits per heavy atom. The molecule has 0 aromatic rings. The first-order valence-electron chi connectivity index (χ1n) is 1.62. The molecule has 0 saturated carbocycles. The molecular formula is C3H9NO4Ti. The summed E-state index contributed by atoms with van der Waals surface area (Å²) in [6, 6.07) is 0. The molecule has 0 bridgehead atoms. The molecule has 0 rings (SSSR count). The molecule has 5 nitrogen and oxygen atoms in total. The minimum Gasteiger partial charge on any atom is -0.477 e. The van der Waals surface area contributed by atoms with Crippen molar-refractivity contribution in [2.24, 2.45) is 0 Å². The molecule has 0 unspecified atom stereocenters. The smallest absolute Gasteiger partial charge is 0.363 e. The van der Waals surface area contributed by atoms with Crippen molar-refractivity contribution in [3.63, 3.8) is 0 Å². The summed E-state index contributed by atoms with van der Waals surface area (Å²) in [4.78, 5) is 9.52. The molecule has 0 atom stereocenters. The third-order valence-corrected chi connectivity index (χ3v) is 0.405. The number of aliphatic hydroxyl groups is 2. The molecule has 0 saturated heterocycles. The molecule has 0 aromatic heterocycles. The molecule has 0 heterocycles. The summed E-state index contributed by atoms with van der Waals surface area (Å²) >= 11 is 0. The second-order valence-electron chi connectivity index (χ2n) is 1.33. The molecule has 0 spiro atoms. The number of carbonyl (C=O) groups is 1. The van der Waals surface area contributed by atoms with Gasteiger partial charge in [0.1, 0.15) is 0 Å². The topological polar surface area (TPSA) is 113 Å². The van der Waals surface area contributed by atoms with Gasteiger partial charge in [0.2, 0.25) is 0 Å². The predicted molar refractivity (Wildman–Crippen MR) is 25.5 cm³/mol. The number of hydrogen-bond donors (Lipinski definition) is 4. The summed E-state index contributed by atoms with van der Waals surface area (Å²) < 4.78 is 0. The predicted octanol–water partition coefficient (Wildman–Crippen LogP) is -1.07. The van der Waals surface area contributed by atoms with Crippen LogP contribution in [0, 0.1) is 0 Å². The van der Waals surface area contributed by atoms with Crippen molar-refractivity contribution in [3.05, 3.63) is 0 Å². The SMILES string of the molecule is CC(O)(O)C(=O)O.N.[Ti]. The van der Waals surface area contributed by atoms with E-state index in [1.54, 1.807) is 0 Å². The Hall–Kier alpha value is 0.0643. The van der Waals surface area contributed by atoms with E-state index in [1.807, 2.05) is 0 Å². The Morgan fingerprint density at radius 1 is 1.44 bits per heavy atom. The van der Waals surface area contributed by atoms with Crippen LogP contribution < -0.4 is 6.15 Å². The number of rotatable bonds is 1. The number of carboxylic acids is 1. The van der Waals surface area contributed by atoms with Gasteiger partial charge in [-0.25, -0.2) is 4.79 Å². The van der Waals surface area contributed by atoms with Crippen LogP contribution >= 0.6 is 0 Å². The van der Waals surface area contributed by atoms with Crippen molar-refractivity contribution in [3.8, 4) is 0 Å². The normalized spacial score (nSPS) is 8.78. The molecule has 0 radical (unpaired) electrons. The van der Waals surface area contributed by atoms with Crippen LogP contribution in [-0.4, -0.2) is 27.1 Å². The summed E-state index contributed by atoms with van der Waals surface area (Å²) in [5, 5.41) is 23.9. The summed E-state index contributed by atoms with van der Waals surface area (Å²) in [6.07, 6.45) is 0. The maximum atomic E-state index is 9.52. The minimum atomic E-state index is -2.58. The van der Waals surface area contributed by atoms with Crippen LogP contribution in [0.4, 0.5) is 0 Å². The van der Waals surface area contributed by atoms with E-state index in [4.69, 9.17) is 15.3 Å². The summed E-state index contributed by atoms with van der Waals surface area (Å²) in [6.45, 7) is 0.773. The van der Waals surface area contributed by atoms with E-state index >= 15 is 0 Å². The minimum absolute atomic E-state index is 0. The molecule has 0 fully saturated rings. The Balaban J connectivity index is -0.000000180. The molecule has 6 heteroatoms.